The lowest BCUT2D eigenvalue weighted by atomic mass is 10.0. The van der Waals surface area contributed by atoms with Crippen molar-refractivity contribution in [3.63, 3.8) is 0 Å². The number of anilines is 2. The van der Waals surface area contributed by atoms with Gasteiger partial charge in [0.05, 0.1) is 29.0 Å². The van der Waals surface area contributed by atoms with Crippen LogP contribution in [0.4, 0.5) is 26.0 Å². The molecule has 22 nitrogen and oxygen atoms in total. The maximum absolute atomic E-state index is 13.6. The van der Waals surface area contributed by atoms with Crippen LogP contribution in [0.15, 0.2) is 91.3 Å². The number of hydrogen-bond donors (Lipinski definition) is 8. The molecule has 6 rings (SSSR count). The molecule has 0 fully saturated rings. The number of urea groups is 2. The monoisotopic (exact) mass is 999 g/mol. The Kier molecular flexibility index (Phi) is 19.1. The van der Waals surface area contributed by atoms with Gasteiger partial charge in [-0.1, -0.05) is 44.5 Å². The van der Waals surface area contributed by atoms with Crippen molar-refractivity contribution >= 4 is 70.4 Å². The van der Waals surface area contributed by atoms with Crippen molar-refractivity contribution in [2.45, 2.75) is 84.5 Å². The van der Waals surface area contributed by atoms with Crippen LogP contribution >= 0.6 is 0 Å². The molecule has 73 heavy (non-hydrogen) atoms. The van der Waals surface area contributed by atoms with Crippen LogP contribution in [0.5, 0.6) is 0 Å². The van der Waals surface area contributed by atoms with Gasteiger partial charge in [-0.25, -0.2) is 19.4 Å². The second-order valence-corrected chi connectivity index (χ2v) is 17.6. The molecule has 384 valence electrons. The molecule has 2 aromatic carbocycles. The molecule has 1 aliphatic heterocycles. The van der Waals surface area contributed by atoms with Crippen molar-refractivity contribution in [2.75, 3.05) is 37.3 Å². The number of nitrogens with zero attached hydrogens (tertiary/aromatic N) is 5. The van der Waals surface area contributed by atoms with Gasteiger partial charge in [0, 0.05) is 74.5 Å². The number of hydrogen-bond acceptors (Lipinski definition) is 12. The number of carbonyl (C=O) groups excluding carboxylic acids is 8. The fourth-order valence-electron chi connectivity index (χ4n) is 7.75. The Morgan fingerprint density at radius 3 is 2.27 bits per heavy atom. The maximum Gasteiger partial charge on any atom is 0.410 e. The summed E-state index contributed by atoms with van der Waals surface area (Å²) in [6.45, 7) is 6.31. The summed E-state index contributed by atoms with van der Waals surface area (Å²) in [5.41, 5.74) is 11.3. The highest BCUT2D eigenvalue weighted by molar-refractivity contribution is 6.12. The second-order valence-electron chi connectivity index (χ2n) is 17.6. The van der Waals surface area contributed by atoms with E-state index in [-0.39, 0.29) is 74.7 Å². The van der Waals surface area contributed by atoms with E-state index >= 15 is 0 Å². The lowest BCUT2D eigenvalue weighted by molar-refractivity contribution is -0.137. The van der Waals surface area contributed by atoms with E-state index in [1.165, 1.54) is 17.1 Å². The SMILES string of the molecule is CCNC(=O)Nc1nc2cc(-c3ccc(CN(C)C(=O)OCc4ccc(NC(=O)[C@H](CCCNC(N)=O)NC(=O)[C@@H](NC(=O)CCCCCN5C(=O)C=CC5=O)C(C)C)cc4)nc3)cc(-c3ccccn3)c2[nH]1. The first-order valence-corrected chi connectivity index (χ1v) is 24.0. The predicted molar refractivity (Wildman–Crippen MR) is 272 cm³/mol. The number of imide groups is 1. The Balaban J connectivity index is 0.997. The van der Waals surface area contributed by atoms with Crippen molar-refractivity contribution in [3.8, 4) is 22.4 Å². The van der Waals surface area contributed by atoms with Gasteiger partial charge in [-0.2, -0.15) is 0 Å². The first-order chi connectivity index (χ1) is 35.1. The first kappa shape index (κ1) is 53.7. The summed E-state index contributed by atoms with van der Waals surface area (Å²) in [6, 6.07) is 16.7. The lowest BCUT2D eigenvalue weighted by Crippen LogP contribution is -2.54. The lowest BCUT2D eigenvalue weighted by Gasteiger charge is -2.25. The zero-order valence-corrected chi connectivity index (χ0v) is 41.2. The molecule has 4 heterocycles. The molecule has 0 saturated carbocycles. The maximum atomic E-state index is 13.6. The highest BCUT2D eigenvalue weighted by Gasteiger charge is 2.29. The number of nitrogens with one attached hydrogen (secondary N) is 7. The van der Waals surface area contributed by atoms with Crippen molar-refractivity contribution < 1.29 is 43.1 Å². The number of aromatic nitrogens is 4. The van der Waals surface area contributed by atoms with Crippen molar-refractivity contribution in [1.82, 2.24) is 51.0 Å². The van der Waals surface area contributed by atoms with E-state index in [9.17, 15) is 38.4 Å². The molecule has 22 heteroatoms. The number of aromatic amines is 1. The van der Waals surface area contributed by atoms with Crippen molar-refractivity contribution in [2.24, 2.45) is 11.7 Å². The van der Waals surface area contributed by atoms with E-state index in [0.717, 1.165) is 21.6 Å². The standard InChI is InChI=1S/C51H61N13O9/c1-5-53-50(71)62-49-59-40-27-34(26-37(45(40)61-49)38-12-8-9-23-54-38)33-17-20-36(56-28-33)29-63(4)51(72)73-30-32-15-18-35(19-16-32)57-46(68)39(13-11-24-55-48(52)70)58-47(69)44(31(2)3)60-41(65)14-7-6-10-25-64-42(66)21-22-43(64)67/h8-9,12,15-23,26-28,31,39,44H,5-7,10-11,13-14,24-25,29-30H2,1-4H3,(H,57,68)(H,58,69)(H,60,65)(H3,52,55,70)(H3,53,59,61,62,71)/t39-,44-/m0/s1. The molecule has 1 aliphatic rings. The summed E-state index contributed by atoms with van der Waals surface area (Å²) >= 11 is 0. The molecule has 9 N–H and O–H groups in total. The minimum Gasteiger partial charge on any atom is -0.445 e. The van der Waals surface area contributed by atoms with Gasteiger partial charge in [0.1, 0.15) is 18.7 Å². The van der Waals surface area contributed by atoms with Crippen LogP contribution < -0.4 is 37.6 Å². The number of H-pyrrole nitrogens is 1. The molecule has 5 aromatic rings. The summed E-state index contributed by atoms with van der Waals surface area (Å²) in [4.78, 5) is 120. The van der Waals surface area contributed by atoms with Gasteiger partial charge in [-0.05, 0) is 92.1 Å². The van der Waals surface area contributed by atoms with E-state index in [4.69, 9.17) is 10.5 Å². The third-order valence-corrected chi connectivity index (χ3v) is 11.6. The third-order valence-electron chi connectivity index (χ3n) is 11.6. The number of nitrogens with two attached hydrogens (primary N) is 1. The highest BCUT2D eigenvalue weighted by atomic mass is 16.6. The number of imidazole rings is 1. The van der Waals surface area contributed by atoms with Gasteiger partial charge in [0.15, 0.2) is 0 Å². The molecule has 0 radical (unpaired) electrons. The predicted octanol–water partition coefficient (Wildman–Crippen LogP) is 5.09. The summed E-state index contributed by atoms with van der Waals surface area (Å²) < 4.78 is 5.58. The Hall–Kier alpha value is -8.69. The molecule has 3 aromatic heterocycles. The van der Waals surface area contributed by atoms with E-state index < -0.39 is 36.0 Å². The number of fused-ring (bicyclic) bond motifs is 1. The average Bonchev–Trinajstić information content (AvgIpc) is 3.93. The van der Waals surface area contributed by atoms with Crippen molar-refractivity contribution in [3.05, 3.63) is 103 Å². The average molecular weight is 1000 g/mol. The van der Waals surface area contributed by atoms with E-state index in [1.807, 2.05) is 49.4 Å². The Labute approximate surface area is 421 Å². The fourth-order valence-corrected chi connectivity index (χ4v) is 7.75. The molecule has 2 atom stereocenters. The van der Waals surface area contributed by atoms with E-state index in [0.29, 0.717) is 65.9 Å². The highest BCUT2D eigenvalue weighted by Crippen LogP contribution is 2.33. The number of unbranched alkanes of at least 4 members (excludes halogenated alkanes) is 2. The van der Waals surface area contributed by atoms with Gasteiger partial charge in [0.25, 0.3) is 11.8 Å². The zero-order chi connectivity index (χ0) is 52.4. The van der Waals surface area contributed by atoms with E-state index in [1.54, 1.807) is 57.6 Å². The number of amides is 10. The topological polar surface area (TPSA) is 305 Å². The van der Waals surface area contributed by atoms with Crippen LogP contribution in [0.2, 0.25) is 0 Å². The number of ether oxygens (including phenoxy) is 1. The summed E-state index contributed by atoms with van der Waals surface area (Å²) in [5.74, 6) is -2.23. The third kappa shape index (κ3) is 15.7. The van der Waals surface area contributed by atoms with Crippen LogP contribution in [-0.2, 0) is 41.9 Å². The molecule has 10 amide bonds. The van der Waals surface area contributed by atoms with Crippen LogP contribution in [0.1, 0.15) is 70.6 Å². The Bertz CT molecular complexity index is 2780. The van der Waals surface area contributed by atoms with Gasteiger partial charge >= 0.3 is 18.2 Å². The number of pyridine rings is 2. The molecule has 0 bridgehead atoms. The van der Waals surface area contributed by atoms with Gasteiger partial charge in [0.2, 0.25) is 23.7 Å². The summed E-state index contributed by atoms with van der Waals surface area (Å²) in [6.07, 6.45) is 7.39. The minimum absolute atomic E-state index is 0.0647. The number of primary amides is 1. The van der Waals surface area contributed by atoms with Crippen LogP contribution in [0, 0.1) is 5.92 Å². The fraction of sp³-hybridized carbons (Fsp3) is 0.353. The molecular formula is C51H61N13O9. The molecule has 0 aliphatic carbocycles. The van der Waals surface area contributed by atoms with Gasteiger partial charge < -0.3 is 46.9 Å². The number of benzene rings is 2. The summed E-state index contributed by atoms with van der Waals surface area (Å²) in [7, 11) is 1.59. The molecular weight excluding hydrogens is 939 g/mol. The van der Waals surface area contributed by atoms with Gasteiger partial charge in [-0.3, -0.25) is 44.2 Å². The molecule has 0 spiro atoms. The normalized spacial score (nSPS) is 12.8. The van der Waals surface area contributed by atoms with Crippen LogP contribution in [0.3, 0.4) is 0 Å². The second kappa shape index (κ2) is 26.0. The first-order valence-electron chi connectivity index (χ1n) is 24.0. The number of carbonyl (C=O) groups is 8. The molecule has 0 unspecified atom stereocenters. The Morgan fingerprint density at radius 2 is 1.60 bits per heavy atom. The smallest absolute Gasteiger partial charge is 0.410 e. The Morgan fingerprint density at radius 1 is 0.836 bits per heavy atom. The van der Waals surface area contributed by atoms with Crippen LogP contribution in [0.25, 0.3) is 33.4 Å². The quantitative estimate of drug-likeness (QED) is 0.0296. The largest absolute Gasteiger partial charge is 0.445 e. The van der Waals surface area contributed by atoms with E-state index in [2.05, 4.69) is 51.8 Å². The van der Waals surface area contributed by atoms with Crippen molar-refractivity contribution in [1.29, 1.82) is 0 Å². The summed E-state index contributed by atoms with van der Waals surface area (Å²) in [5, 5.41) is 16.2. The number of rotatable bonds is 24. The van der Waals surface area contributed by atoms with Gasteiger partial charge in [-0.15, -0.1) is 0 Å². The zero-order valence-electron chi connectivity index (χ0n) is 41.2. The van der Waals surface area contributed by atoms with Crippen LogP contribution in [-0.4, -0.2) is 116 Å². The minimum atomic E-state index is -1.05. The molecule has 0 saturated heterocycles.